The molecule has 0 aliphatic carbocycles. The zero-order valence-electron chi connectivity index (χ0n) is 22.6. The standard InChI is InChI=1S/2C16H19P.2ClH.Co/c2*1-16(2,3)17(14-10-6-4-7-11-14)15-12-8-5-9-13-15;;;/h2*4-13H,1-3H3;2*1H;/q;;;;+2. The molecular weight excluding hydrogens is 576 g/mol. The minimum absolute atomic E-state index is 0.327. The van der Waals surface area contributed by atoms with E-state index in [-0.39, 0.29) is 0 Å². The Morgan fingerprint density at radius 2 is 0.568 bits per heavy atom. The third-order valence-corrected chi connectivity index (χ3v) is 12.4. The van der Waals surface area contributed by atoms with Crippen LogP contribution in [0.4, 0.5) is 0 Å². The van der Waals surface area contributed by atoms with Crippen molar-refractivity contribution < 1.29 is 12.9 Å². The Bertz CT molecular complexity index is 956. The molecule has 0 nitrogen and oxygen atoms in total. The summed E-state index contributed by atoms with van der Waals surface area (Å²) in [6, 6.07) is 43.7. The normalized spacial score (nSPS) is 11.4. The molecule has 0 aromatic heterocycles. The van der Waals surface area contributed by atoms with Gasteiger partial charge >= 0.3 is 33.2 Å². The van der Waals surface area contributed by atoms with Gasteiger partial charge in [0, 0.05) is 0 Å². The van der Waals surface area contributed by atoms with Gasteiger partial charge < -0.3 is 0 Å². The van der Waals surface area contributed by atoms with E-state index in [2.05, 4.69) is 163 Å². The van der Waals surface area contributed by atoms with Crippen molar-refractivity contribution in [2.75, 3.05) is 0 Å². The first-order chi connectivity index (χ1) is 17.6. The Hall–Kier alpha value is -1.17. The molecule has 0 saturated heterocycles. The van der Waals surface area contributed by atoms with Gasteiger partial charge in [-0.15, -0.1) is 0 Å². The first kappa shape index (κ1) is 32.0. The van der Waals surface area contributed by atoms with Gasteiger partial charge in [0.25, 0.3) is 0 Å². The van der Waals surface area contributed by atoms with E-state index < -0.39 is 15.8 Å². The van der Waals surface area contributed by atoms with Crippen molar-refractivity contribution in [2.45, 2.75) is 51.9 Å². The molecule has 0 N–H and O–H groups in total. The van der Waals surface area contributed by atoms with Crippen molar-refractivity contribution in [1.29, 1.82) is 0 Å². The van der Waals surface area contributed by atoms with Crippen molar-refractivity contribution in [1.82, 2.24) is 0 Å². The fourth-order valence-electron chi connectivity index (χ4n) is 4.48. The molecule has 4 rings (SSSR count). The molecule has 0 atom stereocenters. The molecular formula is C32H40Cl2CoP2+2. The van der Waals surface area contributed by atoms with E-state index >= 15 is 0 Å². The second-order valence-electron chi connectivity index (χ2n) is 10.8. The summed E-state index contributed by atoms with van der Waals surface area (Å²) in [6.07, 6.45) is 0. The first-order valence-corrected chi connectivity index (χ1v) is 18.3. The predicted molar refractivity (Wildman–Crippen MR) is 172 cm³/mol. The summed E-state index contributed by atoms with van der Waals surface area (Å²) in [5.74, 6) is 0. The third kappa shape index (κ3) is 10.8. The fourth-order valence-corrected chi connectivity index (χ4v) is 10.7. The Balaban J connectivity index is 0.000000235. The second kappa shape index (κ2) is 16.1. The van der Waals surface area contributed by atoms with Crippen LogP contribution in [0.25, 0.3) is 0 Å². The molecule has 0 heterocycles. The number of benzene rings is 4. The summed E-state index contributed by atoms with van der Waals surface area (Å²) >= 11 is 0.382. The van der Waals surface area contributed by atoms with Crippen molar-refractivity contribution >= 4 is 57.4 Å². The predicted octanol–water partition coefficient (Wildman–Crippen LogP) is 8.68. The van der Waals surface area contributed by atoms with Gasteiger partial charge in [-0.3, -0.25) is 0 Å². The van der Waals surface area contributed by atoms with E-state index in [1.807, 2.05) is 0 Å². The Kier molecular flexibility index (Phi) is 13.9. The monoisotopic (exact) mass is 615 g/mol. The van der Waals surface area contributed by atoms with Gasteiger partial charge in [-0.1, -0.05) is 72.8 Å². The summed E-state index contributed by atoms with van der Waals surface area (Å²) in [6.45, 7) is 14.1. The number of hydrogen-bond acceptors (Lipinski definition) is 0. The van der Waals surface area contributed by atoms with E-state index in [9.17, 15) is 0 Å². The van der Waals surface area contributed by atoms with E-state index in [1.54, 1.807) is 0 Å². The van der Waals surface area contributed by atoms with Crippen LogP contribution < -0.4 is 21.2 Å². The van der Waals surface area contributed by atoms with Crippen molar-refractivity contribution in [3.63, 3.8) is 0 Å². The van der Waals surface area contributed by atoms with Crippen LogP contribution in [0.2, 0.25) is 0 Å². The molecule has 4 aromatic rings. The zero-order chi connectivity index (χ0) is 27.3. The van der Waals surface area contributed by atoms with Crippen molar-refractivity contribution in [2.24, 2.45) is 0 Å². The topological polar surface area (TPSA) is 0 Å². The minimum atomic E-state index is -0.715. The summed E-state index contributed by atoms with van der Waals surface area (Å²) in [5.41, 5.74) is 0. The molecule has 0 aliphatic heterocycles. The summed E-state index contributed by atoms with van der Waals surface area (Å²) in [4.78, 5) is 0. The summed E-state index contributed by atoms with van der Waals surface area (Å²) < 4.78 is 0. The Morgan fingerprint density at radius 1 is 0.405 bits per heavy atom. The van der Waals surface area contributed by atoms with E-state index in [1.165, 1.54) is 21.2 Å². The molecule has 0 radical (unpaired) electrons. The molecule has 0 unspecified atom stereocenters. The van der Waals surface area contributed by atoms with Crippen LogP contribution in [-0.4, -0.2) is 10.3 Å². The van der Waals surface area contributed by atoms with Crippen LogP contribution in [0, 0.1) is 0 Å². The molecule has 0 aliphatic rings. The fraction of sp³-hybridized carbons (Fsp3) is 0.250. The van der Waals surface area contributed by atoms with Crippen LogP contribution in [0.3, 0.4) is 0 Å². The zero-order valence-corrected chi connectivity index (χ0v) is 27.2. The average Bonchev–Trinajstić information content (AvgIpc) is 2.86. The number of halogens is 2. The Labute approximate surface area is 242 Å². The van der Waals surface area contributed by atoms with Crippen LogP contribution in [0.1, 0.15) is 41.5 Å². The summed E-state index contributed by atoms with van der Waals surface area (Å²) in [7, 11) is 8.03. The van der Waals surface area contributed by atoms with E-state index in [0.29, 0.717) is 23.2 Å². The molecule has 199 valence electrons. The molecule has 0 amide bonds. The van der Waals surface area contributed by atoms with Gasteiger partial charge in [0.1, 0.15) is 0 Å². The van der Waals surface area contributed by atoms with Gasteiger partial charge in [-0.25, -0.2) is 0 Å². The number of hydrogen-bond donors (Lipinski definition) is 0. The van der Waals surface area contributed by atoms with Crippen LogP contribution >= 0.6 is 36.1 Å². The SMILES string of the molecule is CC(C)(C)[PH+](c1ccccc1)c1ccccc1.CC(C)(C)[PH+](c1ccccc1)c1ccccc1.[Cl][Co][Cl]. The molecule has 0 saturated carbocycles. The summed E-state index contributed by atoms with van der Waals surface area (Å²) in [5, 5.41) is 6.64. The quantitative estimate of drug-likeness (QED) is 0.201. The molecule has 5 heteroatoms. The molecule has 0 spiro atoms. The maximum absolute atomic E-state index is 4.73. The molecule has 0 fully saturated rings. The van der Waals surface area contributed by atoms with Crippen LogP contribution in [-0.2, 0) is 12.9 Å². The van der Waals surface area contributed by atoms with E-state index in [0.717, 1.165) is 0 Å². The van der Waals surface area contributed by atoms with Gasteiger partial charge in [0.15, 0.2) is 0 Å². The average molecular weight is 616 g/mol. The van der Waals surface area contributed by atoms with Crippen molar-refractivity contribution in [3.05, 3.63) is 121 Å². The van der Waals surface area contributed by atoms with Crippen LogP contribution in [0.15, 0.2) is 121 Å². The molecule has 0 bridgehead atoms. The van der Waals surface area contributed by atoms with Crippen molar-refractivity contribution in [3.8, 4) is 0 Å². The van der Waals surface area contributed by atoms with Gasteiger partial charge in [0.05, 0.1) is 47.4 Å². The van der Waals surface area contributed by atoms with Gasteiger partial charge in [0.2, 0.25) is 0 Å². The first-order valence-electron chi connectivity index (χ1n) is 12.4. The third-order valence-electron chi connectivity index (χ3n) is 5.75. The number of rotatable bonds is 4. The van der Waals surface area contributed by atoms with Crippen LogP contribution in [0.5, 0.6) is 0 Å². The maximum atomic E-state index is 4.73. The molecule has 4 aromatic carbocycles. The van der Waals surface area contributed by atoms with Gasteiger partial charge in [-0.2, -0.15) is 0 Å². The molecule has 37 heavy (non-hydrogen) atoms. The second-order valence-corrected chi connectivity index (χ2v) is 19.3. The Morgan fingerprint density at radius 3 is 0.703 bits per heavy atom. The van der Waals surface area contributed by atoms with E-state index in [4.69, 9.17) is 20.3 Å². The van der Waals surface area contributed by atoms with Gasteiger partial charge in [-0.05, 0) is 90.1 Å².